The number of rotatable bonds is 38. The minimum absolute atomic E-state index is 0. The van der Waals surface area contributed by atoms with E-state index in [9.17, 15) is 30.0 Å². The van der Waals surface area contributed by atoms with E-state index in [1.807, 2.05) is 36.4 Å². The van der Waals surface area contributed by atoms with Crippen molar-refractivity contribution in [3.05, 3.63) is 71.8 Å². The van der Waals surface area contributed by atoms with Gasteiger partial charge in [0.05, 0.1) is 37.6 Å². The Hall–Kier alpha value is -1.21. The fourth-order valence-electron chi connectivity index (χ4n) is 7.20. The van der Waals surface area contributed by atoms with E-state index in [4.69, 9.17) is 9.47 Å². The van der Waals surface area contributed by atoms with E-state index in [0.29, 0.717) is 26.1 Å². The molecule has 4 unspecified atom stereocenters. The molecule has 332 valence electrons. The molecular weight excluding hydrogens is 866 g/mol. The maximum absolute atomic E-state index is 10.4. The molecule has 2 rings (SSSR count). The molecule has 0 radical (unpaired) electrons. The Bertz CT molecular complexity index is 1110. The van der Waals surface area contributed by atoms with Gasteiger partial charge in [-0.3, -0.25) is 0 Å². The molecule has 0 aliphatic carbocycles. The first-order valence-electron chi connectivity index (χ1n) is 23.3. The van der Waals surface area contributed by atoms with Crippen LogP contribution in [0.5, 0.6) is 0 Å². The molecule has 0 amide bonds. The second kappa shape index (κ2) is 42.1. The van der Waals surface area contributed by atoms with Gasteiger partial charge in [0.2, 0.25) is 0 Å². The van der Waals surface area contributed by atoms with Gasteiger partial charge in [0.25, 0.3) is 0 Å². The number of carboxylic acids is 2. The number of ether oxygens (including phenoxy) is 2. The summed E-state index contributed by atoms with van der Waals surface area (Å²) in [6.45, 7) is 5.73. The smallest absolute Gasteiger partial charge is 0.550 e. The molecule has 0 aliphatic rings. The van der Waals surface area contributed by atoms with E-state index in [-0.39, 0.29) is 86.1 Å². The van der Waals surface area contributed by atoms with Crippen LogP contribution in [0.3, 0.4) is 0 Å². The van der Waals surface area contributed by atoms with Crippen molar-refractivity contribution in [3.8, 4) is 0 Å². The molecule has 0 aliphatic heterocycles. The third-order valence-corrected chi connectivity index (χ3v) is 10.9. The summed E-state index contributed by atoms with van der Waals surface area (Å²) in [5.41, 5.74) is 2.40. The van der Waals surface area contributed by atoms with Crippen LogP contribution < -0.4 is 10.2 Å². The van der Waals surface area contributed by atoms with Crippen LogP contribution in [0.15, 0.2) is 60.7 Å². The van der Waals surface area contributed by atoms with Crippen molar-refractivity contribution in [1.29, 1.82) is 0 Å². The molecule has 4 atom stereocenters. The predicted octanol–water partition coefficient (Wildman–Crippen LogP) is 9.95. The van der Waals surface area contributed by atoms with E-state index in [2.05, 4.69) is 38.1 Å². The zero-order valence-corrected chi connectivity index (χ0v) is 41.8. The molecule has 2 N–H and O–H groups in total. The number of benzene rings is 2. The van der Waals surface area contributed by atoms with E-state index in [1.54, 1.807) is 0 Å². The topological polar surface area (TPSA) is 139 Å². The molecular formula is C50H82BaO8. The van der Waals surface area contributed by atoms with Gasteiger partial charge < -0.3 is 39.5 Å². The minimum atomic E-state index is -0.959. The number of carboxylic acid groups (broad SMARTS) is 2. The summed E-state index contributed by atoms with van der Waals surface area (Å²) in [5, 5.41) is 41.4. The SMILES string of the molecule is CCCCCCC(CCC(O)CCCCCCCC(=O)[O-])OCc1ccccc1.CCCCCCC(CCC(O)CCCCCCCC(=O)[O-])OCc1ccccc1.[Ba+2]. The van der Waals surface area contributed by atoms with Gasteiger partial charge in [-0.05, 0) is 88.2 Å². The molecule has 0 spiro atoms. The number of aliphatic hydroxyl groups excluding tert-OH is 2. The van der Waals surface area contributed by atoms with Gasteiger partial charge in [0, 0.05) is 11.9 Å². The van der Waals surface area contributed by atoms with Crippen LogP contribution in [0.2, 0.25) is 0 Å². The Morgan fingerprint density at radius 2 is 0.780 bits per heavy atom. The maximum atomic E-state index is 10.4. The van der Waals surface area contributed by atoms with E-state index in [1.165, 1.54) is 62.5 Å². The van der Waals surface area contributed by atoms with Crippen LogP contribution in [-0.2, 0) is 32.3 Å². The number of hydrogen-bond acceptors (Lipinski definition) is 8. The summed E-state index contributed by atoms with van der Waals surface area (Å²) in [4.78, 5) is 20.8. The first-order chi connectivity index (χ1) is 28.2. The third kappa shape index (κ3) is 38.2. The fraction of sp³-hybridized carbons (Fsp3) is 0.720. The molecule has 59 heavy (non-hydrogen) atoms. The Morgan fingerprint density at radius 1 is 0.458 bits per heavy atom. The van der Waals surface area contributed by atoms with Crippen LogP contribution in [0.25, 0.3) is 0 Å². The standard InChI is InChI=1S/2C25H42O4.Ba/c2*1-2-3-4-12-17-24(29-21-22-14-9-8-10-15-22)20-19-23(26)16-11-6-5-7-13-18-25(27)28;/h2*8-10,14-15,23-24,26H,2-7,11-13,16-21H2,1H3,(H,27,28);/q;;+2/p-2. The zero-order chi connectivity index (χ0) is 42.3. The van der Waals surface area contributed by atoms with Crippen LogP contribution in [-0.4, -0.2) is 95.4 Å². The number of unbranched alkanes of at least 4 members (excludes halogenated alkanes) is 14. The van der Waals surface area contributed by atoms with Crippen LogP contribution in [0.1, 0.15) is 205 Å². The van der Waals surface area contributed by atoms with Gasteiger partial charge in [-0.15, -0.1) is 0 Å². The molecule has 0 saturated heterocycles. The van der Waals surface area contributed by atoms with Gasteiger partial charge in [0.1, 0.15) is 0 Å². The largest absolute Gasteiger partial charge is 2.00 e. The van der Waals surface area contributed by atoms with Gasteiger partial charge in [-0.1, -0.05) is 177 Å². The number of hydrogen-bond donors (Lipinski definition) is 2. The monoisotopic (exact) mass is 949 g/mol. The fourth-order valence-corrected chi connectivity index (χ4v) is 7.20. The molecule has 0 heterocycles. The van der Waals surface area contributed by atoms with E-state index >= 15 is 0 Å². The average Bonchev–Trinajstić information content (AvgIpc) is 3.22. The van der Waals surface area contributed by atoms with Crippen molar-refractivity contribution in [2.75, 3.05) is 0 Å². The van der Waals surface area contributed by atoms with Crippen LogP contribution >= 0.6 is 0 Å². The molecule has 8 nitrogen and oxygen atoms in total. The zero-order valence-electron chi connectivity index (χ0n) is 37.3. The normalized spacial score (nSPS) is 13.1. The van der Waals surface area contributed by atoms with Gasteiger partial charge in [-0.2, -0.15) is 0 Å². The molecule has 2 aromatic rings. The van der Waals surface area contributed by atoms with Crippen molar-refractivity contribution in [2.24, 2.45) is 0 Å². The summed E-state index contributed by atoms with van der Waals surface area (Å²) < 4.78 is 12.4. The number of aliphatic carboxylic acids is 2. The van der Waals surface area contributed by atoms with Gasteiger partial charge >= 0.3 is 48.9 Å². The van der Waals surface area contributed by atoms with Gasteiger partial charge in [0.15, 0.2) is 0 Å². The number of aliphatic hydroxyl groups is 2. The molecule has 9 heteroatoms. The number of carbonyl (C=O) groups excluding carboxylic acids is 2. The third-order valence-electron chi connectivity index (χ3n) is 10.9. The molecule has 0 saturated carbocycles. The minimum Gasteiger partial charge on any atom is -0.550 e. The molecule has 0 bridgehead atoms. The second-order valence-electron chi connectivity index (χ2n) is 16.4. The van der Waals surface area contributed by atoms with E-state index in [0.717, 1.165) is 103 Å². The Morgan fingerprint density at radius 3 is 1.14 bits per heavy atom. The Labute approximate surface area is 400 Å². The summed E-state index contributed by atoms with van der Waals surface area (Å²) in [6.07, 6.45) is 26.7. The molecule has 0 fully saturated rings. The van der Waals surface area contributed by atoms with Crippen molar-refractivity contribution >= 4 is 60.8 Å². The van der Waals surface area contributed by atoms with Crippen molar-refractivity contribution < 1.29 is 39.5 Å². The number of carbonyl (C=O) groups is 2. The van der Waals surface area contributed by atoms with Crippen molar-refractivity contribution in [2.45, 2.75) is 231 Å². The quantitative estimate of drug-likeness (QED) is 0.0501. The summed E-state index contributed by atoms with van der Waals surface area (Å²) in [6, 6.07) is 20.6. The maximum Gasteiger partial charge on any atom is 2.00 e. The Balaban J connectivity index is 0.00000112. The summed E-state index contributed by atoms with van der Waals surface area (Å²) in [7, 11) is 0. The summed E-state index contributed by atoms with van der Waals surface area (Å²) in [5.74, 6) is -1.92. The second-order valence-corrected chi connectivity index (χ2v) is 16.4. The average molecular weight is 949 g/mol. The van der Waals surface area contributed by atoms with Crippen molar-refractivity contribution in [1.82, 2.24) is 0 Å². The van der Waals surface area contributed by atoms with Crippen LogP contribution in [0.4, 0.5) is 0 Å². The first-order valence-corrected chi connectivity index (χ1v) is 23.3. The van der Waals surface area contributed by atoms with Gasteiger partial charge in [-0.25, -0.2) is 0 Å². The molecule has 2 aromatic carbocycles. The summed E-state index contributed by atoms with van der Waals surface area (Å²) >= 11 is 0. The first kappa shape index (κ1) is 57.8. The Kier molecular flexibility index (Phi) is 41.2. The van der Waals surface area contributed by atoms with Crippen LogP contribution in [0, 0.1) is 0 Å². The van der Waals surface area contributed by atoms with Crippen molar-refractivity contribution in [3.63, 3.8) is 0 Å². The van der Waals surface area contributed by atoms with E-state index < -0.39 is 11.9 Å². The predicted molar refractivity (Wildman–Crippen MR) is 238 cm³/mol. The molecule has 0 aromatic heterocycles.